The molecule has 1 aromatic carbocycles. The molecule has 0 aliphatic carbocycles. The summed E-state index contributed by atoms with van der Waals surface area (Å²) in [7, 11) is -1.77. The molecule has 2 rings (SSSR count). The van der Waals surface area contributed by atoms with Crippen LogP contribution in [0.4, 0.5) is 0 Å². The zero-order valence-corrected chi connectivity index (χ0v) is 14.9. The van der Waals surface area contributed by atoms with Crippen molar-refractivity contribution in [3.63, 3.8) is 0 Å². The number of ether oxygens (including phenoxy) is 1. The Kier molecular flexibility index (Phi) is 7.02. The van der Waals surface area contributed by atoms with Crippen LogP contribution in [0.1, 0.15) is 25.3 Å². The van der Waals surface area contributed by atoms with E-state index in [1.165, 1.54) is 12.7 Å². The molecule has 23 heavy (non-hydrogen) atoms. The SMILES string of the molecule is COC[C@H](C)S(=O)(=O)NC[C@H]1CCCN(Cc2ccccc2)C1. The summed E-state index contributed by atoms with van der Waals surface area (Å²) < 4.78 is 32.0. The van der Waals surface area contributed by atoms with Gasteiger partial charge in [0, 0.05) is 26.7 Å². The van der Waals surface area contributed by atoms with Gasteiger partial charge < -0.3 is 4.74 Å². The van der Waals surface area contributed by atoms with Gasteiger partial charge in [0.15, 0.2) is 0 Å². The highest BCUT2D eigenvalue weighted by molar-refractivity contribution is 7.90. The second-order valence-electron chi connectivity index (χ2n) is 6.39. The van der Waals surface area contributed by atoms with E-state index in [9.17, 15) is 8.42 Å². The van der Waals surface area contributed by atoms with Crippen molar-refractivity contribution in [1.29, 1.82) is 0 Å². The van der Waals surface area contributed by atoms with E-state index in [1.54, 1.807) is 6.92 Å². The van der Waals surface area contributed by atoms with Crippen LogP contribution >= 0.6 is 0 Å². The number of hydrogen-bond acceptors (Lipinski definition) is 4. The van der Waals surface area contributed by atoms with Crippen LogP contribution < -0.4 is 4.72 Å². The smallest absolute Gasteiger partial charge is 0.216 e. The zero-order chi connectivity index (χ0) is 16.7. The minimum atomic E-state index is -3.29. The molecule has 1 aliphatic rings. The lowest BCUT2D eigenvalue weighted by atomic mass is 9.98. The van der Waals surface area contributed by atoms with E-state index >= 15 is 0 Å². The van der Waals surface area contributed by atoms with Crippen molar-refractivity contribution >= 4 is 10.0 Å². The van der Waals surface area contributed by atoms with Crippen molar-refractivity contribution in [2.45, 2.75) is 31.6 Å². The number of nitrogens with one attached hydrogen (secondary N) is 1. The summed E-state index contributed by atoms with van der Waals surface area (Å²) >= 11 is 0. The van der Waals surface area contributed by atoms with Gasteiger partial charge in [0.2, 0.25) is 10.0 Å². The van der Waals surface area contributed by atoms with Gasteiger partial charge in [-0.1, -0.05) is 30.3 Å². The Morgan fingerprint density at radius 3 is 2.78 bits per heavy atom. The molecule has 1 aromatic rings. The summed E-state index contributed by atoms with van der Waals surface area (Å²) in [6.45, 7) is 5.37. The lowest BCUT2D eigenvalue weighted by Gasteiger charge is -2.33. The normalized spacial score (nSPS) is 21.2. The molecule has 6 heteroatoms. The average Bonchev–Trinajstić information content (AvgIpc) is 2.55. The minimum Gasteiger partial charge on any atom is -0.383 e. The van der Waals surface area contributed by atoms with Gasteiger partial charge in [-0.05, 0) is 37.8 Å². The average molecular weight is 340 g/mol. The number of benzene rings is 1. The predicted molar refractivity (Wildman–Crippen MR) is 92.7 cm³/mol. The maximum Gasteiger partial charge on any atom is 0.216 e. The van der Waals surface area contributed by atoms with Crippen LogP contribution in [0, 0.1) is 5.92 Å². The van der Waals surface area contributed by atoms with Gasteiger partial charge in [-0.15, -0.1) is 0 Å². The van der Waals surface area contributed by atoms with Crippen LogP contribution in [0.15, 0.2) is 30.3 Å². The molecule has 1 saturated heterocycles. The zero-order valence-electron chi connectivity index (χ0n) is 14.1. The molecule has 1 aliphatic heterocycles. The summed E-state index contributed by atoms with van der Waals surface area (Å²) in [4.78, 5) is 2.41. The number of methoxy groups -OCH3 is 1. The molecule has 130 valence electrons. The molecule has 0 spiro atoms. The number of hydrogen-bond donors (Lipinski definition) is 1. The molecular weight excluding hydrogens is 312 g/mol. The molecular formula is C17H28N2O3S. The summed E-state index contributed by atoms with van der Waals surface area (Å²) in [6.07, 6.45) is 2.19. The second kappa shape index (κ2) is 8.78. The molecule has 1 heterocycles. The Hall–Kier alpha value is -0.950. The highest BCUT2D eigenvalue weighted by atomic mass is 32.2. The van der Waals surface area contributed by atoms with E-state index in [4.69, 9.17) is 4.74 Å². The molecule has 0 saturated carbocycles. The molecule has 0 aromatic heterocycles. The molecule has 1 fully saturated rings. The van der Waals surface area contributed by atoms with Crippen molar-refractivity contribution in [2.24, 2.45) is 5.92 Å². The predicted octanol–water partition coefficient (Wildman–Crippen LogP) is 1.85. The Morgan fingerprint density at radius 2 is 2.09 bits per heavy atom. The first kappa shape index (κ1) is 18.4. The summed E-state index contributed by atoms with van der Waals surface area (Å²) in [5.41, 5.74) is 1.31. The lowest BCUT2D eigenvalue weighted by Crippen LogP contribution is -2.43. The third kappa shape index (κ3) is 5.88. The van der Waals surface area contributed by atoms with Crippen molar-refractivity contribution in [3.8, 4) is 0 Å². The van der Waals surface area contributed by atoms with E-state index in [2.05, 4.69) is 33.9 Å². The highest BCUT2D eigenvalue weighted by Gasteiger charge is 2.24. The molecule has 0 amide bonds. The van der Waals surface area contributed by atoms with Crippen molar-refractivity contribution in [3.05, 3.63) is 35.9 Å². The first-order valence-corrected chi connectivity index (χ1v) is 9.79. The first-order chi connectivity index (χ1) is 11.0. The largest absolute Gasteiger partial charge is 0.383 e. The van der Waals surface area contributed by atoms with Gasteiger partial charge >= 0.3 is 0 Å². The molecule has 0 radical (unpaired) electrons. The fourth-order valence-electron chi connectivity index (χ4n) is 3.00. The summed E-state index contributed by atoms with van der Waals surface area (Å²) in [5, 5.41) is -0.517. The van der Waals surface area contributed by atoms with E-state index in [-0.39, 0.29) is 6.61 Å². The lowest BCUT2D eigenvalue weighted by molar-refractivity contribution is 0.168. The van der Waals surface area contributed by atoms with Crippen LogP contribution in [0.25, 0.3) is 0 Å². The van der Waals surface area contributed by atoms with Crippen LogP contribution in [0.5, 0.6) is 0 Å². The molecule has 5 nitrogen and oxygen atoms in total. The third-order valence-electron chi connectivity index (χ3n) is 4.36. The monoisotopic (exact) mass is 340 g/mol. The number of piperidine rings is 1. The van der Waals surface area contributed by atoms with Crippen molar-refractivity contribution in [1.82, 2.24) is 9.62 Å². The Morgan fingerprint density at radius 1 is 1.35 bits per heavy atom. The second-order valence-corrected chi connectivity index (χ2v) is 8.57. The Labute approximate surface area is 140 Å². The minimum absolute atomic E-state index is 0.222. The topological polar surface area (TPSA) is 58.6 Å². The van der Waals surface area contributed by atoms with Crippen LogP contribution in [-0.4, -0.2) is 51.9 Å². The number of likely N-dealkylation sites (tertiary alicyclic amines) is 1. The van der Waals surface area contributed by atoms with E-state index in [0.717, 1.165) is 32.5 Å². The van der Waals surface area contributed by atoms with Gasteiger partial charge in [-0.25, -0.2) is 13.1 Å². The van der Waals surface area contributed by atoms with E-state index in [0.29, 0.717) is 12.5 Å². The standard InChI is InChI=1S/C17H28N2O3S/c1-15(14-22-2)23(20,21)18-11-17-9-6-10-19(13-17)12-16-7-4-3-5-8-16/h3-5,7-8,15,17-18H,6,9-14H2,1-2H3/t15-,17+/m0/s1. The number of nitrogens with zero attached hydrogens (tertiary/aromatic N) is 1. The maximum atomic E-state index is 12.1. The number of sulfonamides is 1. The maximum absolute atomic E-state index is 12.1. The van der Waals surface area contributed by atoms with Gasteiger partial charge in [-0.3, -0.25) is 4.90 Å². The number of rotatable bonds is 8. The quantitative estimate of drug-likeness (QED) is 0.785. The Bertz CT molecular complexity index is 562. The fraction of sp³-hybridized carbons (Fsp3) is 0.647. The van der Waals surface area contributed by atoms with Crippen LogP contribution in [0.2, 0.25) is 0 Å². The molecule has 0 unspecified atom stereocenters. The molecule has 1 N–H and O–H groups in total. The molecule has 0 bridgehead atoms. The van der Waals surface area contributed by atoms with Gasteiger partial charge in [-0.2, -0.15) is 0 Å². The van der Waals surface area contributed by atoms with Gasteiger partial charge in [0.1, 0.15) is 0 Å². The van der Waals surface area contributed by atoms with E-state index in [1.807, 2.05) is 6.07 Å². The van der Waals surface area contributed by atoms with Gasteiger partial charge in [0.25, 0.3) is 0 Å². The van der Waals surface area contributed by atoms with Crippen LogP contribution in [0.3, 0.4) is 0 Å². The third-order valence-corrected chi connectivity index (χ3v) is 6.12. The van der Waals surface area contributed by atoms with Gasteiger partial charge in [0.05, 0.1) is 11.9 Å². The van der Waals surface area contributed by atoms with Crippen LogP contribution in [-0.2, 0) is 21.3 Å². The fourth-order valence-corrected chi connectivity index (χ4v) is 4.07. The summed E-state index contributed by atoms with van der Waals surface area (Å²) in [6, 6.07) is 10.4. The molecule has 2 atom stereocenters. The van der Waals surface area contributed by atoms with Crippen molar-refractivity contribution in [2.75, 3.05) is 33.4 Å². The highest BCUT2D eigenvalue weighted by Crippen LogP contribution is 2.18. The first-order valence-electron chi connectivity index (χ1n) is 8.25. The Balaban J connectivity index is 1.82. The summed E-state index contributed by atoms with van der Waals surface area (Å²) in [5.74, 6) is 0.372. The van der Waals surface area contributed by atoms with Crippen molar-refractivity contribution < 1.29 is 13.2 Å². The van der Waals surface area contributed by atoms with E-state index < -0.39 is 15.3 Å².